The van der Waals surface area contributed by atoms with Crippen LogP contribution < -0.4 is 5.32 Å². The van der Waals surface area contributed by atoms with Crippen molar-refractivity contribution in [3.63, 3.8) is 0 Å². The number of aliphatic hydroxyl groups excluding tert-OH is 1. The number of benzene rings is 1. The fraction of sp³-hybridized carbons (Fsp3) is 0.739. The maximum Gasteiger partial charge on any atom is 0.0897 e. The highest BCUT2D eigenvalue weighted by molar-refractivity contribution is 5.85. The van der Waals surface area contributed by atoms with Crippen LogP contribution in [0, 0.1) is 23.2 Å². The summed E-state index contributed by atoms with van der Waals surface area (Å²) < 4.78 is 5.88. The molecule has 152 valence electrons. The van der Waals surface area contributed by atoms with Gasteiger partial charge in [0.1, 0.15) is 0 Å². The molecule has 0 amide bonds. The van der Waals surface area contributed by atoms with Crippen molar-refractivity contribution in [1.29, 1.82) is 0 Å². The van der Waals surface area contributed by atoms with Gasteiger partial charge < -0.3 is 15.2 Å². The third kappa shape index (κ3) is 5.26. The normalized spacial score (nSPS) is 33.5. The first-order chi connectivity index (χ1) is 12.6. The van der Waals surface area contributed by atoms with E-state index < -0.39 is 6.10 Å². The Morgan fingerprint density at radius 1 is 1.07 bits per heavy atom. The van der Waals surface area contributed by atoms with E-state index in [9.17, 15) is 5.11 Å². The Balaban J connectivity index is 0.00000210. The Morgan fingerprint density at radius 2 is 1.67 bits per heavy atom. The molecule has 3 nitrogen and oxygen atoms in total. The molecular weight excluding hydrogens is 358 g/mol. The Labute approximate surface area is 170 Å². The summed E-state index contributed by atoms with van der Waals surface area (Å²) in [7, 11) is 0. The first-order valence-corrected chi connectivity index (χ1v) is 10.7. The van der Waals surface area contributed by atoms with Crippen molar-refractivity contribution in [2.45, 2.75) is 64.0 Å². The third-order valence-electron chi connectivity index (χ3n) is 7.21. The predicted octanol–water partition coefficient (Wildman–Crippen LogP) is 4.74. The van der Waals surface area contributed by atoms with Crippen LogP contribution in [0.1, 0.15) is 63.5 Å². The lowest BCUT2D eigenvalue weighted by Crippen LogP contribution is -2.46. The predicted molar refractivity (Wildman–Crippen MR) is 112 cm³/mol. The SMILES string of the molecule is CC(NCC(O)COCCC12CC3CC(CC(C3)C1)C2)c1ccccc1.Cl. The quantitative estimate of drug-likeness (QED) is 0.595. The first kappa shape index (κ1) is 21.1. The molecule has 0 aliphatic heterocycles. The number of halogens is 1. The molecule has 2 atom stereocenters. The maximum absolute atomic E-state index is 10.2. The molecule has 2 N–H and O–H groups in total. The molecule has 5 rings (SSSR count). The molecule has 2 unspecified atom stereocenters. The molecule has 4 aliphatic rings. The number of hydrogen-bond acceptors (Lipinski definition) is 3. The van der Waals surface area contributed by atoms with Crippen molar-refractivity contribution in [1.82, 2.24) is 5.32 Å². The van der Waals surface area contributed by atoms with Gasteiger partial charge in [0, 0.05) is 19.2 Å². The lowest BCUT2D eigenvalue weighted by molar-refractivity contribution is -0.0730. The lowest BCUT2D eigenvalue weighted by Gasteiger charge is -2.57. The average Bonchev–Trinajstić information content (AvgIpc) is 2.63. The molecule has 0 heterocycles. The summed E-state index contributed by atoms with van der Waals surface area (Å²) in [6.45, 7) is 3.97. The largest absolute Gasteiger partial charge is 0.389 e. The lowest BCUT2D eigenvalue weighted by atomic mass is 9.49. The van der Waals surface area contributed by atoms with E-state index >= 15 is 0 Å². The van der Waals surface area contributed by atoms with Crippen LogP contribution in [0.25, 0.3) is 0 Å². The molecule has 4 bridgehead atoms. The van der Waals surface area contributed by atoms with Crippen molar-refractivity contribution >= 4 is 12.4 Å². The second kappa shape index (κ2) is 9.26. The zero-order valence-electron chi connectivity index (χ0n) is 16.6. The first-order valence-electron chi connectivity index (χ1n) is 10.7. The van der Waals surface area contributed by atoms with E-state index in [-0.39, 0.29) is 18.4 Å². The minimum Gasteiger partial charge on any atom is -0.389 e. The standard InChI is InChI=1S/C23H35NO2.ClH/c1-17(21-5-3-2-4-6-21)24-15-22(25)16-26-8-7-23-12-18-9-19(13-23)11-20(10-18)14-23;/h2-6,17-20,22,24-25H,7-16H2,1H3;1H. The minimum atomic E-state index is -0.433. The van der Waals surface area contributed by atoms with Crippen molar-refractivity contribution in [3.05, 3.63) is 35.9 Å². The Bertz CT molecular complexity index is 544. The average molecular weight is 394 g/mol. The Hall–Kier alpha value is -0.610. The summed E-state index contributed by atoms with van der Waals surface area (Å²) in [6.07, 6.45) is 9.62. The van der Waals surface area contributed by atoms with Gasteiger partial charge in [0.25, 0.3) is 0 Å². The van der Waals surface area contributed by atoms with E-state index in [0.29, 0.717) is 18.6 Å². The number of ether oxygens (including phenoxy) is 1. The molecule has 0 saturated heterocycles. The Morgan fingerprint density at radius 3 is 2.26 bits per heavy atom. The van der Waals surface area contributed by atoms with Crippen molar-refractivity contribution in [2.75, 3.05) is 19.8 Å². The zero-order valence-corrected chi connectivity index (χ0v) is 17.4. The van der Waals surface area contributed by atoms with Gasteiger partial charge in [-0.3, -0.25) is 0 Å². The molecule has 0 radical (unpaired) electrons. The number of hydrogen-bond donors (Lipinski definition) is 2. The number of rotatable bonds is 9. The summed E-state index contributed by atoms with van der Waals surface area (Å²) in [4.78, 5) is 0. The second-order valence-electron chi connectivity index (χ2n) is 9.44. The van der Waals surface area contributed by atoms with Gasteiger partial charge in [0.05, 0.1) is 12.7 Å². The Kier molecular flexibility index (Phi) is 7.24. The van der Waals surface area contributed by atoms with E-state index in [2.05, 4.69) is 36.5 Å². The van der Waals surface area contributed by atoms with Crippen LogP contribution in [0.3, 0.4) is 0 Å². The van der Waals surface area contributed by atoms with E-state index in [0.717, 1.165) is 24.4 Å². The summed E-state index contributed by atoms with van der Waals surface area (Å²) >= 11 is 0. The summed E-state index contributed by atoms with van der Waals surface area (Å²) in [5, 5.41) is 13.6. The van der Waals surface area contributed by atoms with E-state index in [1.54, 1.807) is 0 Å². The van der Waals surface area contributed by atoms with Crippen LogP contribution in [-0.4, -0.2) is 31.0 Å². The van der Waals surface area contributed by atoms with Gasteiger partial charge in [0.15, 0.2) is 0 Å². The maximum atomic E-state index is 10.2. The van der Waals surface area contributed by atoms with E-state index in [4.69, 9.17) is 4.74 Å². The molecule has 0 aromatic heterocycles. The molecule has 1 aromatic carbocycles. The van der Waals surface area contributed by atoms with Gasteiger partial charge in [-0.25, -0.2) is 0 Å². The minimum absolute atomic E-state index is 0. The van der Waals surface area contributed by atoms with Gasteiger partial charge in [-0.1, -0.05) is 30.3 Å². The second-order valence-corrected chi connectivity index (χ2v) is 9.44. The van der Waals surface area contributed by atoms with Gasteiger partial charge in [-0.15, -0.1) is 12.4 Å². The van der Waals surface area contributed by atoms with Crippen LogP contribution >= 0.6 is 12.4 Å². The molecule has 4 fully saturated rings. The number of nitrogens with one attached hydrogen (secondary N) is 1. The molecule has 0 spiro atoms. The molecule has 4 saturated carbocycles. The van der Waals surface area contributed by atoms with Gasteiger partial charge in [-0.2, -0.15) is 0 Å². The van der Waals surface area contributed by atoms with Crippen molar-refractivity contribution in [3.8, 4) is 0 Å². The summed E-state index contributed by atoms with van der Waals surface area (Å²) in [5.41, 5.74) is 1.84. The van der Waals surface area contributed by atoms with Gasteiger partial charge in [-0.05, 0) is 80.6 Å². The van der Waals surface area contributed by atoms with E-state index in [1.807, 2.05) is 6.07 Å². The van der Waals surface area contributed by atoms with Crippen LogP contribution in [0.5, 0.6) is 0 Å². The van der Waals surface area contributed by atoms with Crippen LogP contribution in [0.2, 0.25) is 0 Å². The highest BCUT2D eigenvalue weighted by Crippen LogP contribution is 2.61. The molecule has 4 aliphatic carbocycles. The zero-order chi connectivity index (χ0) is 18.0. The fourth-order valence-electron chi connectivity index (χ4n) is 6.34. The summed E-state index contributed by atoms with van der Waals surface area (Å²) in [6, 6.07) is 10.6. The van der Waals surface area contributed by atoms with Gasteiger partial charge >= 0.3 is 0 Å². The van der Waals surface area contributed by atoms with Gasteiger partial charge in [0.2, 0.25) is 0 Å². The van der Waals surface area contributed by atoms with Crippen LogP contribution in [-0.2, 0) is 4.74 Å². The number of aliphatic hydroxyl groups is 1. The van der Waals surface area contributed by atoms with Crippen molar-refractivity contribution in [2.24, 2.45) is 23.2 Å². The van der Waals surface area contributed by atoms with Crippen LogP contribution in [0.4, 0.5) is 0 Å². The van der Waals surface area contributed by atoms with Crippen molar-refractivity contribution < 1.29 is 9.84 Å². The van der Waals surface area contributed by atoms with E-state index in [1.165, 1.54) is 50.5 Å². The molecular formula is C23H36ClNO2. The fourth-order valence-corrected chi connectivity index (χ4v) is 6.34. The molecule has 1 aromatic rings. The summed E-state index contributed by atoms with van der Waals surface area (Å²) in [5.74, 6) is 3.03. The monoisotopic (exact) mass is 393 g/mol. The topological polar surface area (TPSA) is 41.5 Å². The highest BCUT2D eigenvalue weighted by Gasteiger charge is 2.50. The molecule has 4 heteroatoms. The highest BCUT2D eigenvalue weighted by atomic mass is 35.5. The third-order valence-corrected chi connectivity index (χ3v) is 7.21. The molecule has 27 heavy (non-hydrogen) atoms. The smallest absolute Gasteiger partial charge is 0.0897 e. The van der Waals surface area contributed by atoms with Crippen LogP contribution in [0.15, 0.2) is 30.3 Å².